The number of hydrogen-bond donors (Lipinski definition) is 4. The van der Waals surface area contributed by atoms with Gasteiger partial charge in [-0.3, -0.25) is 13.7 Å². The summed E-state index contributed by atoms with van der Waals surface area (Å²) in [6.45, 7) is 0. The van der Waals surface area contributed by atoms with E-state index in [0.717, 1.165) is 30.3 Å². The monoisotopic (exact) mass is 684 g/mol. The highest BCUT2D eigenvalue weighted by Gasteiger charge is 2.22. The first-order chi connectivity index (χ1) is 20.0. The van der Waals surface area contributed by atoms with Crippen molar-refractivity contribution in [3.8, 4) is 0 Å². The SMILES string of the molecule is O=S(=O)(O)c1cc2cc(Nc3nc(Cl)nc(Cl)n3)ccc2cc1N=Nc1ccc2c(S(=O)(=O)O)ccc(S(=O)(=O)O)c2c1. The molecule has 20 heteroatoms. The maximum absolute atomic E-state index is 12.2. The van der Waals surface area contributed by atoms with Gasteiger partial charge in [0.25, 0.3) is 30.4 Å². The minimum atomic E-state index is -4.84. The normalized spacial score (nSPS) is 12.8. The van der Waals surface area contributed by atoms with E-state index in [9.17, 15) is 38.9 Å². The zero-order valence-corrected chi connectivity index (χ0v) is 24.7. The average molecular weight is 686 g/mol. The summed E-state index contributed by atoms with van der Waals surface area (Å²) in [7, 11) is -14.5. The van der Waals surface area contributed by atoms with E-state index in [-0.39, 0.29) is 38.7 Å². The summed E-state index contributed by atoms with van der Waals surface area (Å²) in [6.07, 6.45) is 0. The highest BCUT2D eigenvalue weighted by Crippen LogP contribution is 2.35. The summed E-state index contributed by atoms with van der Waals surface area (Å²) in [4.78, 5) is 9.47. The standard InChI is InChI=1S/C23H14Cl2N6O9S3/c24-21-27-22(25)29-23(28-21)26-13-2-1-11-8-17(20(43(38,39)40)9-12(11)7-13)31-30-14-3-4-15-16(10-14)19(42(35,36)37)6-5-18(15)41(32,33)34/h1-10H,(H,32,33,34)(H,35,36,37)(H,38,39,40)(H,26,27,28,29). The first-order valence-corrected chi connectivity index (χ1v) is 16.4. The van der Waals surface area contributed by atoms with Gasteiger partial charge < -0.3 is 5.32 Å². The lowest BCUT2D eigenvalue weighted by atomic mass is 10.1. The molecule has 43 heavy (non-hydrogen) atoms. The first kappa shape index (κ1) is 30.6. The van der Waals surface area contributed by atoms with E-state index in [1.807, 2.05) is 0 Å². The number of nitrogens with zero attached hydrogens (tertiary/aromatic N) is 5. The molecular formula is C23H14Cl2N6O9S3. The smallest absolute Gasteiger partial charge is 0.296 e. The predicted octanol–water partition coefficient (Wildman–Crippen LogP) is 5.38. The molecule has 222 valence electrons. The lowest BCUT2D eigenvalue weighted by Crippen LogP contribution is -2.04. The molecule has 4 N–H and O–H groups in total. The molecule has 0 amide bonds. The Morgan fingerprint density at radius 1 is 0.605 bits per heavy atom. The Morgan fingerprint density at radius 2 is 1.21 bits per heavy atom. The molecule has 0 fully saturated rings. The van der Waals surface area contributed by atoms with E-state index in [1.54, 1.807) is 12.1 Å². The van der Waals surface area contributed by atoms with Crippen molar-refractivity contribution < 1.29 is 38.9 Å². The summed E-state index contributed by atoms with van der Waals surface area (Å²) >= 11 is 11.6. The number of hydrogen-bond acceptors (Lipinski definition) is 12. The van der Waals surface area contributed by atoms with Gasteiger partial charge in [0, 0.05) is 16.5 Å². The van der Waals surface area contributed by atoms with Crippen LogP contribution in [0, 0.1) is 0 Å². The number of rotatable bonds is 7. The molecule has 0 radical (unpaired) electrons. The van der Waals surface area contributed by atoms with Gasteiger partial charge in [0.2, 0.25) is 16.5 Å². The Kier molecular flexibility index (Phi) is 7.82. The van der Waals surface area contributed by atoms with E-state index >= 15 is 0 Å². The molecule has 0 saturated heterocycles. The van der Waals surface area contributed by atoms with Gasteiger partial charge in [0.05, 0.1) is 5.69 Å². The molecule has 5 rings (SSSR count). The van der Waals surface area contributed by atoms with Crippen molar-refractivity contribution in [2.45, 2.75) is 14.7 Å². The van der Waals surface area contributed by atoms with E-state index in [4.69, 9.17) is 23.2 Å². The zero-order valence-electron chi connectivity index (χ0n) is 20.8. The van der Waals surface area contributed by atoms with Gasteiger partial charge >= 0.3 is 0 Å². The van der Waals surface area contributed by atoms with Crippen molar-refractivity contribution in [2.75, 3.05) is 5.32 Å². The summed E-state index contributed by atoms with van der Waals surface area (Å²) in [5.41, 5.74) is 0.00517. The molecule has 0 aliphatic heterocycles. The number of anilines is 2. The van der Waals surface area contributed by atoms with Gasteiger partial charge in [0.15, 0.2) is 0 Å². The summed E-state index contributed by atoms with van der Waals surface area (Å²) in [6, 6.07) is 12.1. The number of benzene rings is 4. The van der Waals surface area contributed by atoms with Crippen molar-refractivity contribution in [1.82, 2.24) is 15.0 Å². The van der Waals surface area contributed by atoms with Gasteiger partial charge in [-0.15, -0.1) is 5.11 Å². The Bertz CT molecular complexity index is 2320. The average Bonchev–Trinajstić information content (AvgIpc) is 2.88. The Balaban J connectivity index is 1.59. The minimum absolute atomic E-state index is 0.0148. The zero-order chi connectivity index (χ0) is 31.3. The van der Waals surface area contributed by atoms with Crippen molar-refractivity contribution >= 4 is 98.1 Å². The Hall–Kier alpha value is -3.88. The second-order valence-electron chi connectivity index (χ2n) is 8.62. The fourth-order valence-corrected chi connectivity index (χ4v) is 6.43. The molecule has 0 unspecified atom stereocenters. The maximum atomic E-state index is 12.2. The molecular weight excluding hydrogens is 671 g/mol. The summed E-state index contributed by atoms with van der Waals surface area (Å²) in [5, 5.41) is 10.6. The van der Waals surface area contributed by atoms with Crippen LogP contribution in [0.4, 0.5) is 23.0 Å². The highest BCUT2D eigenvalue weighted by molar-refractivity contribution is 7.86. The number of nitrogens with one attached hydrogen (secondary N) is 1. The van der Waals surface area contributed by atoms with E-state index in [2.05, 4.69) is 30.5 Å². The van der Waals surface area contributed by atoms with Crippen LogP contribution in [-0.4, -0.2) is 53.9 Å². The van der Waals surface area contributed by atoms with E-state index in [0.29, 0.717) is 16.5 Å². The summed E-state index contributed by atoms with van der Waals surface area (Å²) < 4.78 is 101. The molecule has 4 aromatic carbocycles. The van der Waals surface area contributed by atoms with Crippen LogP contribution in [0.5, 0.6) is 0 Å². The maximum Gasteiger partial charge on any atom is 0.296 e. The third kappa shape index (κ3) is 6.71. The molecule has 5 aromatic rings. The lowest BCUT2D eigenvalue weighted by molar-refractivity contribution is 0.480. The van der Waals surface area contributed by atoms with Crippen molar-refractivity contribution in [3.05, 3.63) is 71.2 Å². The second-order valence-corrected chi connectivity index (χ2v) is 13.5. The quantitative estimate of drug-likeness (QED) is 0.124. The van der Waals surface area contributed by atoms with Gasteiger partial charge in [-0.2, -0.15) is 45.3 Å². The van der Waals surface area contributed by atoms with Gasteiger partial charge in [-0.1, -0.05) is 12.1 Å². The molecule has 0 bridgehead atoms. The van der Waals surface area contributed by atoms with Gasteiger partial charge in [0.1, 0.15) is 20.4 Å². The molecule has 0 aliphatic rings. The molecule has 0 saturated carbocycles. The number of azo groups is 1. The number of fused-ring (bicyclic) bond motifs is 2. The summed E-state index contributed by atoms with van der Waals surface area (Å²) in [5.74, 6) is 0.0148. The lowest BCUT2D eigenvalue weighted by Gasteiger charge is -2.09. The van der Waals surface area contributed by atoms with Gasteiger partial charge in [-0.05, 0) is 82.5 Å². The second kappa shape index (κ2) is 11.0. The van der Waals surface area contributed by atoms with E-state index in [1.165, 1.54) is 18.2 Å². The predicted molar refractivity (Wildman–Crippen MR) is 155 cm³/mol. The van der Waals surface area contributed by atoms with Crippen molar-refractivity contribution in [3.63, 3.8) is 0 Å². The van der Waals surface area contributed by atoms with E-state index < -0.39 is 45.0 Å². The number of halogens is 2. The van der Waals surface area contributed by atoms with Crippen LogP contribution in [0.25, 0.3) is 21.5 Å². The van der Waals surface area contributed by atoms with Crippen LogP contribution in [0.1, 0.15) is 0 Å². The first-order valence-electron chi connectivity index (χ1n) is 11.3. The molecule has 1 aromatic heterocycles. The Morgan fingerprint density at radius 3 is 1.81 bits per heavy atom. The van der Waals surface area contributed by atoms with Crippen LogP contribution in [0.3, 0.4) is 0 Å². The van der Waals surface area contributed by atoms with Gasteiger partial charge in [-0.25, -0.2) is 0 Å². The highest BCUT2D eigenvalue weighted by atomic mass is 35.5. The molecule has 0 aliphatic carbocycles. The van der Waals surface area contributed by atoms with Crippen molar-refractivity contribution in [2.24, 2.45) is 10.2 Å². The molecule has 0 spiro atoms. The van der Waals surface area contributed by atoms with Crippen molar-refractivity contribution in [1.29, 1.82) is 0 Å². The molecule has 0 atom stereocenters. The van der Waals surface area contributed by atoms with Crippen LogP contribution >= 0.6 is 23.2 Å². The van der Waals surface area contributed by atoms with Crippen LogP contribution in [0.2, 0.25) is 10.6 Å². The third-order valence-electron chi connectivity index (χ3n) is 5.78. The van der Waals surface area contributed by atoms with Crippen LogP contribution in [0.15, 0.2) is 85.6 Å². The fraction of sp³-hybridized carbons (Fsp3) is 0. The number of aromatic nitrogens is 3. The topological polar surface area (TPSA) is 239 Å². The Labute approximate surface area is 252 Å². The fourth-order valence-electron chi connectivity index (χ4n) is 4.04. The van der Waals surface area contributed by atoms with Crippen LogP contribution in [-0.2, 0) is 30.4 Å². The minimum Gasteiger partial charge on any atom is -0.324 e. The molecule has 15 nitrogen and oxygen atoms in total. The molecule has 1 heterocycles. The largest absolute Gasteiger partial charge is 0.324 e. The van der Waals surface area contributed by atoms with Crippen LogP contribution < -0.4 is 5.32 Å². The third-order valence-corrected chi connectivity index (χ3v) is 8.83.